The number of ether oxygens (including phenoxy) is 1. The first kappa shape index (κ1) is 19.2. The number of carbonyl (C=O) groups excluding carboxylic acids is 1. The number of nitrogens with zero attached hydrogens (tertiary/aromatic N) is 1. The number of anilines is 1. The summed E-state index contributed by atoms with van der Waals surface area (Å²) in [6.45, 7) is 1.65. The Morgan fingerprint density at radius 1 is 1.25 bits per heavy atom. The molecule has 0 aliphatic carbocycles. The number of aromatic hydroxyl groups is 1. The van der Waals surface area contributed by atoms with E-state index in [0.29, 0.717) is 22.1 Å². The van der Waals surface area contributed by atoms with Gasteiger partial charge in [-0.1, -0.05) is 11.6 Å². The first-order valence-corrected chi connectivity index (χ1v) is 8.47. The van der Waals surface area contributed by atoms with Crippen LogP contribution in [0.2, 0.25) is 5.02 Å². The number of benzene rings is 2. The second-order valence-electron chi connectivity index (χ2n) is 5.88. The molecule has 0 unspecified atom stereocenters. The SMILES string of the molecule is Cc1cc(OCc2ccc(C(=O)Nc3cc(Cl)ccc3O)o2)ccc1[N+](=O)[O-]. The van der Waals surface area contributed by atoms with E-state index in [9.17, 15) is 20.0 Å². The van der Waals surface area contributed by atoms with E-state index in [-0.39, 0.29) is 29.5 Å². The first-order valence-electron chi connectivity index (χ1n) is 8.10. The summed E-state index contributed by atoms with van der Waals surface area (Å²) in [5.41, 5.74) is 0.643. The van der Waals surface area contributed by atoms with Gasteiger partial charge in [-0.2, -0.15) is 0 Å². The topological polar surface area (TPSA) is 115 Å². The van der Waals surface area contributed by atoms with Crippen LogP contribution in [0.25, 0.3) is 0 Å². The zero-order valence-corrected chi connectivity index (χ0v) is 15.4. The molecule has 0 aliphatic rings. The van der Waals surface area contributed by atoms with Crippen LogP contribution in [0.5, 0.6) is 11.5 Å². The summed E-state index contributed by atoms with van der Waals surface area (Å²) in [6.07, 6.45) is 0. The second-order valence-corrected chi connectivity index (χ2v) is 6.31. The maximum absolute atomic E-state index is 12.2. The van der Waals surface area contributed by atoms with E-state index in [4.69, 9.17) is 20.8 Å². The van der Waals surface area contributed by atoms with Gasteiger partial charge in [-0.05, 0) is 49.4 Å². The molecule has 8 nitrogen and oxygen atoms in total. The predicted molar refractivity (Wildman–Crippen MR) is 102 cm³/mol. The van der Waals surface area contributed by atoms with Crippen molar-refractivity contribution in [3.63, 3.8) is 0 Å². The van der Waals surface area contributed by atoms with Gasteiger partial charge in [0.25, 0.3) is 11.6 Å². The molecule has 0 fully saturated rings. The van der Waals surface area contributed by atoms with Crippen molar-refractivity contribution >= 4 is 28.9 Å². The predicted octanol–water partition coefficient (Wildman–Crippen LogP) is 4.69. The van der Waals surface area contributed by atoms with Gasteiger partial charge in [0.2, 0.25) is 0 Å². The maximum atomic E-state index is 12.2. The summed E-state index contributed by atoms with van der Waals surface area (Å²) in [7, 11) is 0. The Hall–Kier alpha value is -3.52. The van der Waals surface area contributed by atoms with E-state index in [1.807, 2.05) is 0 Å². The van der Waals surface area contributed by atoms with Crippen molar-refractivity contribution in [3.05, 3.63) is 80.8 Å². The van der Waals surface area contributed by atoms with Crippen molar-refractivity contribution in [2.75, 3.05) is 5.32 Å². The quantitative estimate of drug-likeness (QED) is 0.351. The molecule has 0 saturated heterocycles. The number of halogens is 1. The lowest BCUT2D eigenvalue weighted by atomic mass is 10.2. The van der Waals surface area contributed by atoms with Crippen molar-refractivity contribution in [3.8, 4) is 11.5 Å². The highest BCUT2D eigenvalue weighted by Crippen LogP contribution is 2.27. The number of rotatable bonds is 6. The van der Waals surface area contributed by atoms with Gasteiger partial charge in [0.1, 0.15) is 23.9 Å². The van der Waals surface area contributed by atoms with Crippen LogP contribution in [-0.2, 0) is 6.61 Å². The highest BCUT2D eigenvalue weighted by molar-refractivity contribution is 6.31. The fourth-order valence-electron chi connectivity index (χ4n) is 2.45. The summed E-state index contributed by atoms with van der Waals surface area (Å²) in [5.74, 6) is 0.167. The van der Waals surface area contributed by atoms with Crippen LogP contribution in [0, 0.1) is 17.0 Å². The van der Waals surface area contributed by atoms with Crippen molar-refractivity contribution in [2.45, 2.75) is 13.5 Å². The molecule has 0 radical (unpaired) electrons. The molecule has 1 heterocycles. The molecule has 2 N–H and O–H groups in total. The number of furan rings is 1. The fraction of sp³-hybridized carbons (Fsp3) is 0.105. The molecule has 9 heteroatoms. The van der Waals surface area contributed by atoms with Crippen LogP contribution >= 0.6 is 11.6 Å². The second kappa shape index (κ2) is 8.01. The number of phenols is 1. The fourth-order valence-corrected chi connectivity index (χ4v) is 2.62. The number of nitro groups is 1. The van der Waals surface area contributed by atoms with Crippen LogP contribution in [0.1, 0.15) is 21.9 Å². The Kier molecular flexibility index (Phi) is 5.51. The van der Waals surface area contributed by atoms with Crippen molar-refractivity contribution in [1.29, 1.82) is 0 Å². The van der Waals surface area contributed by atoms with E-state index < -0.39 is 10.8 Å². The molecule has 3 aromatic rings. The standard InChI is InChI=1S/C19H15ClN2O6/c1-11-8-13(3-5-16(11)22(25)26)27-10-14-4-7-18(28-14)19(24)21-15-9-12(20)2-6-17(15)23/h2-9,23H,10H2,1H3,(H,21,24). The minimum atomic E-state index is -0.560. The zero-order chi connectivity index (χ0) is 20.3. The van der Waals surface area contributed by atoms with Gasteiger partial charge in [0.05, 0.1) is 10.6 Å². The number of aryl methyl sites for hydroxylation is 1. The number of carbonyl (C=O) groups is 1. The molecule has 0 spiro atoms. The molecule has 1 aromatic heterocycles. The number of hydrogen-bond acceptors (Lipinski definition) is 6. The smallest absolute Gasteiger partial charge is 0.291 e. The minimum absolute atomic E-state index is 0.00794. The van der Waals surface area contributed by atoms with Crippen LogP contribution in [-0.4, -0.2) is 15.9 Å². The van der Waals surface area contributed by atoms with Crippen molar-refractivity contribution in [2.24, 2.45) is 0 Å². The summed E-state index contributed by atoms with van der Waals surface area (Å²) in [4.78, 5) is 22.6. The Labute approximate surface area is 164 Å². The maximum Gasteiger partial charge on any atom is 0.291 e. The third-order valence-electron chi connectivity index (χ3n) is 3.84. The van der Waals surface area contributed by atoms with Crippen LogP contribution in [0.3, 0.4) is 0 Å². The molecule has 2 aromatic carbocycles. The van der Waals surface area contributed by atoms with Gasteiger partial charge in [-0.3, -0.25) is 14.9 Å². The average Bonchev–Trinajstić information content (AvgIpc) is 3.12. The Balaban J connectivity index is 1.64. The molecular weight excluding hydrogens is 388 g/mol. The van der Waals surface area contributed by atoms with Gasteiger partial charge in [-0.15, -0.1) is 0 Å². The molecule has 0 bridgehead atoms. The molecule has 0 atom stereocenters. The highest BCUT2D eigenvalue weighted by atomic mass is 35.5. The molecule has 144 valence electrons. The number of hydrogen-bond donors (Lipinski definition) is 2. The van der Waals surface area contributed by atoms with Crippen molar-refractivity contribution < 1.29 is 24.0 Å². The van der Waals surface area contributed by atoms with E-state index in [1.165, 1.54) is 36.4 Å². The monoisotopic (exact) mass is 402 g/mol. The van der Waals surface area contributed by atoms with E-state index >= 15 is 0 Å². The molecule has 0 saturated carbocycles. The molecule has 0 aliphatic heterocycles. The van der Waals surface area contributed by atoms with Crippen LogP contribution in [0.15, 0.2) is 52.9 Å². The lowest BCUT2D eigenvalue weighted by Crippen LogP contribution is -2.11. The van der Waals surface area contributed by atoms with E-state index in [2.05, 4.69) is 5.32 Å². The average molecular weight is 403 g/mol. The summed E-state index contributed by atoms with van der Waals surface area (Å²) in [6, 6.07) is 11.7. The van der Waals surface area contributed by atoms with Gasteiger partial charge in [-0.25, -0.2) is 0 Å². The summed E-state index contributed by atoms with van der Waals surface area (Å²) in [5, 5.41) is 23.5. The summed E-state index contributed by atoms with van der Waals surface area (Å²) >= 11 is 5.85. The Morgan fingerprint density at radius 3 is 2.75 bits per heavy atom. The van der Waals surface area contributed by atoms with Crippen LogP contribution in [0.4, 0.5) is 11.4 Å². The van der Waals surface area contributed by atoms with E-state index in [1.54, 1.807) is 19.1 Å². The highest BCUT2D eigenvalue weighted by Gasteiger charge is 2.15. The third kappa shape index (κ3) is 4.41. The number of nitrogens with one attached hydrogen (secondary N) is 1. The molecule has 3 rings (SSSR count). The third-order valence-corrected chi connectivity index (χ3v) is 4.07. The number of amides is 1. The van der Waals surface area contributed by atoms with Gasteiger partial charge in [0.15, 0.2) is 5.76 Å². The molecule has 28 heavy (non-hydrogen) atoms. The lowest BCUT2D eigenvalue weighted by molar-refractivity contribution is -0.385. The number of nitro benzene ring substituents is 1. The number of phenolic OH excluding ortho intramolecular Hbond substituents is 1. The van der Waals surface area contributed by atoms with Gasteiger partial charge < -0.3 is 19.6 Å². The van der Waals surface area contributed by atoms with Crippen molar-refractivity contribution in [1.82, 2.24) is 0 Å². The van der Waals surface area contributed by atoms with E-state index in [0.717, 1.165) is 0 Å². The zero-order valence-electron chi connectivity index (χ0n) is 14.6. The molecule has 1 amide bonds. The first-order chi connectivity index (χ1) is 13.3. The van der Waals surface area contributed by atoms with Gasteiger partial charge in [0, 0.05) is 16.7 Å². The molecular formula is C19H15ClN2O6. The minimum Gasteiger partial charge on any atom is -0.506 e. The normalized spacial score (nSPS) is 10.5. The largest absolute Gasteiger partial charge is 0.506 e. The Bertz CT molecular complexity index is 1050. The van der Waals surface area contributed by atoms with Gasteiger partial charge >= 0.3 is 0 Å². The Morgan fingerprint density at radius 2 is 2.04 bits per heavy atom. The lowest BCUT2D eigenvalue weighted by Gasteiger charge is -2.07. The summed E-state index contributed by atoms with van der Waals surface area (Å²) < 4.78 is 11.0. The van der Waals surface area contributed by atoms with Crippen LogP contribution < -0.4 is 10.1 Å².